The normalized spacial score (nSPS) is 18.7. The summed E-state index contributed by atoms with van der Waals surface area (Å²) in [5, 5.41) is 8.34. The number of hydrogen-bond acceptors (Lipinski definition) is 3. The molecular formula is C6H10NO3. The lowest BCUT2D eigenvalue weighted by molar-refractivity contribution is -0.0381. The molecule has 0 aromatic carbocycles. The van der Waals surface area contributed by atoms with E-state index in [1.165, 1.54) is 4.90 Å². The molecule has 1 saturated heterocycles. The van der Waals surface area contributed by atoms with Crippen molar-refractivity contribution >= 4 is 6.41 Å². The largest absolute Gasteiger partial charge is 0.394 e. The number of rotatable bonds is 4. The molecule has 0 aromatic rings. The minimum atomic E-state index is 0.0430. The van der Waals surface area contributed by atoms with Crippen molar-refractivity contribution in [2.24, 2.45) is 0 Å². The molecule has 0 aliphatic carbocycles. The van der Waals surface area contributed by atoms with Gasteiger partial charge in [0.15, 0.2) is 0 Å². The van der Waals surface area contributed by atoms with Crippen LogP contribution in [0.25, 0.3) is 0 Å². The van der Waals surface area contributed by atoms with Crippen molar-refractivity contribution in [1.82, 2.24) is 4.90 Å². The van der Waals surface area contributed by atoms with E-state index < -0.39 is 0 Å². The van der Waals surface area contributed by atoms with Gasteiger partial charge in [0, 0.05) is 13.1 Å². The zero-order valence-electron chi connectivity index (χ0n) is 5.62. The van der Waals surface area contributed by atoms with Gasteiger partial charge in [-0.3, -0.25) is 4.79 Å². The molecule has 0 aromatic heterocycles. The fourth-order valence-electron chi connectivity index (χ4n) is 0.837. The Balaban J connectivity index is 1.97. The van der Waals surface area contributed by atoms with E-state index in [9.17, 15) is 4.79 Å². The highest BCUT2D eigenvalue weighted by atomic mass is 16.5. The molecule has 57 valence electrons. The van der Waals surface area contributed by atoms with Crippen LogP contribution in [0.1, 0.15) is 0 Å². The molecule has 1 aliphatic heterocycles. The number of aliphatic hydroxyl groups excluding tert-OH is 1. The minimum absolute atomic E-state index is 0.0430. The molecule has 10 heavy (non-hydrogen) atoms. The first-order valence-corrected chi connectivity index (χ1v) is 3.22. The van der Waals surface area contributed by atoms with Crippen LogP contribution in [0.4, 0.5) is 0 Å². The van der Waals surface area contributed by atoms with Gasteiger partial charge in [0.05, 0.1) is 19.3 Å². The molecule has 1 N–H and O–H groups in total. The Bertz CT molecular complexity index is 112. The Kier molecular flexibility index (Phi) is 2.65. The van der Waals surface area contributed by atoms with Crippen LogP contribution in [-0.2, 0) is 9.53 Å². The third-order valence-electron chi connectivity index (χ3n) is 1.42. The monoisotopic (exact) mass is 144 g/mol. The number of carbonyl (C=O) groups excluding carboxylic acids is 1. The quantitative estimate of drug-likeness (QED) is 0.536. The highest BCUT2D eigenvalue weighted by Gasteiger charge is 2.25. The summed E-state index contributed by atoms with van der Waals surface area (Å²) in [6, 6.07) is 0. The van der Waals surface area contributed by atoms with Gasteiger partial charge in [-0.2, -0.15) is 0 Å². The second-order valence-electron chi connectivity index (χ2n) is 2.21. The predicted molar refractivity (Wildman–Crippen MR) is 34.1 cm³/mol. The Labute approximate surface area is 59.4 Å². The molecule has 0 bridgehead atoms. The number of amides is 1. The third-order valence-corrected chi connectivity index (χ3v) is 1.42. The van der Waals surface area contributed by atoms with Crippen molar-refractivity contribution in [3.63, 3.8) is 0 Å². The minimum Gasteiger partial charge on any atom is -0.394 e. The van der Waals surface area contributed by atoms with Crippen molar-refractivity contribution in [2.45, 2.75) is 6.10 Å². The van der Waals surface area contributed by atoms with E-state index in [1.54, 1.807) is 6.41 Å². The van der Waals surface area contributed by atoms with Gasteiger partial charge in [-0.25, -0.2) is 0 Å². The third kappa shape index (κ3) is 1.68. The summed E-state index contributed by atoms with van der Waals surface area (Å²) in [6.07, 6.45) is 1.87. The molecule has 1 amide bonds. The molecule has 4 heteroatoms. The summed E-state index contributed by atoms with van der Waals surface area (Å²) in [6.45, 7) is 1.63. The maximum absolute atomic E-state index is 9.90. The second-order valence-corrected chi connectivity index (χ2v) is 2.21. The smallest absolute Gasteiger partial charge is 0.312 e. The summed E-state index contributed by atoms with van der Waals surface area (Å²) >= 11 is 0. The van der Waals surface area contributed by atoms with Gasteiger partial charge in [-0.15, -0.1) is 0 Å². The topological polar surface area (TPSA) is 49.8 Å². The lowest BCUT2D eigenvalue weighted by Gasteiger charge is -2.34. The predicted octanol–water partition coefficient (Wildman–Crippen LogP) is -1.25. The maximum atomic E-state index is 9.90. The Hall–Kier alpha value is -0.610. The van der Waals surface area contributed by atoms with Crippen LogP contribution < -0.4 is 0 Å². The van der Waals surface area contributed by atoms with Crippen LogP contribution in [0.2, 0.25) is 0 Å². The van der Waals surface area contributed by atoms with Gasteiger partial charge < -0.3 is 14.7 Å². The van der Waals surface area contributed by atoms with E-state index in [1.807, 2.05) is 0 Å². The zero-order chi connectivity index (χ0) is 7.40. The van der Waals surface area contributed by atoms with Crippen LogP contribution >= 0.6 is 0 Å². The molecule has 1 fully saturated rings. The van der Waals surface area contributed by atoms with Crippen molar-refractivity contribution in [1.29, 1.82) is 0 Å². The Morgan fingerprint density at radius 3 is 2.90 bits per heavy atom. The first-order valence-electron chi connectivity index (χ1n) is 3.22. The molecule has 0 atom stereocenters. The van der Waals surface area contributed by atoms with E-state index in [4.69, 9.17) is 9.84 Å². The Morgan fingerprint density at radius 1 is 1.70 bits per heavy atom. The lowest BCUT2D eigenvalue weighted by Crippen LogP contribution is -2.51. The SMILES string of the molecule is O=[C]N1CC(OCCO)C1. The van der Waals surface area contributed by atoms with E-state index in [0.29, 0.717) is 19.7 Å². The van der Waals surface area contributed by atoms with Crippen LogP contribution in [0.5, 0.6) is 0 Å². The summed E-state index contributed by atoms with van der Waals surface area (Å²) < 4.78 is 5.09. The van der Waals surface area contributed by atoms with Crippen molar-refractivity contribution in [3.8, 4) is 0 Å². The molecule has 1 aliphatic rings. The van der Waals surface area contributed by atoms with Crippen molar-refractivity contribution < 1.29 is 14.6 Å². The number of hydrogen-bond donors (Lipinski definition) is 1. The summed E-state index contributed by atoms with van der Waals surface area (Å²) in [7, 11) is 0. The molecule has 1 radical (unpaired) electrons. The summed E-state index contributed by atoms with van der Waals surface area (Å²) in [5.74, 6) is 0. The average Bonchev–Trinajstić information content (AvgIpc) is 1.86. The molecule has 1 heterocycles. The van der Waals surface area contributed by atoms with Crippen molar-refractivity contribution in [2.75, 3.05) is 26.3 Å². The fourth-order valence-corrected chi connectivity index (χ4v) is 0.837. The van der Waals surface area contributed by atoms with E-state index >= 15 is 0 Å². The highest BCUT2D eigenvalue weighted by Crippen LogP contribution is 2.07. The average molecular weight is 144 g/mol. The molecular weight excluding hydrogens is 134 g/mol. The van der Waals surface area contributed by atoms with E-state index in [2.05, 4.69) is 0 Å². The molecule has 0 saturated carbocycles. The summed E-state index contributed by atoms with van der Waals surface area (Å²) in [5.41, 5.74) is 0. The molecule has 1 rings (SSSR count). The molecule has 4 nitrogen and oxygen atoms in total. The van der Waals surface area contributed by atoms with Gasteiger partial charge in [0.25, 0.3) is 0 Å². The molecule has 0 spiro atoms. The number of likely N-dealkylation sites (tertiary alicyclic amines) is 1. The first kappa shape index (κ1) is 7.50. The van der Waals surface area contributed by atoms with Gasteiger partial charge in [0.2, 0.25) is 0 Å². The van der Waals surface area contributed by atoms with Crippen LogP contribution in [0.15, 0.2) is 0 Å². The van der Waals surface area contributed by atoms with E-state index in [-0.39, 0.29) is 12.7 Å². The standard InChI is InChI=1S/C6H10NO3/c8-1-2-10-6-3-7(4-6)5-9/h6,8H,1-4H2. The maximum Gasteiger partial charge on any atom is 0.312 e. The lowest BCUT2D eigenvalue weighted by atomic mass is 10.2. The number of nitrogens with zero attached hydrogens (tertiary/aromatic N) is 1. The van der Waals surface area contributed by atoms with Gasteiger partial charge >= 0.3 is 6.41 Å². The first-order chi connectivity index (χ1) is 4.86. The zero-order valence-corrected chi connectivity index (χ0v) is 5.62. The Morgan fingerprint density at radius 2 is 2.40 bits per heavy atom. The van der Waals surface area contributed by atoms with Crippen molar-refractivity contribution in [3.05, 3.63) is 0 Å². The number of aliphatic hydroxyl groups is 1. The van der Waals surface area contributed by atoms with Gasteiger partial charge in [-0.1, -0.05) is 0 Å². The fraction of sp³-hybridized carbons (Fsp3) is 0.833. The van der Waals surface area contributed by atoms with Gasteiger partial charge in [-0.05, 0) is 0 Å². The molecule has 0 unspecified atom stereocenters. The van der Waals surface area contributed by atoms with Crippen LogP contribution in [0.3, 0.4) is 0 Å². The van der Waals surface area contributed by atoms with Crippen LogP contribution in [0, 0.1) is 0 Å². The second kappa shape index (κ2) is 3.53. The summed E-state index contributed by atoms with van der Waals surface area (Å²) in [4.78, 5) is 11.4. The number of ether oxygens (including phenoxy) is 1. The highest BCUT2D eigenvalue weighted by molar-refractivity contribution is 5.49. The van der Waals surface area contributed by atoms with Gasteiger partial charge in [0.1, 0.15) is 0 Å². The van der Waals surface area contributed by atoms with Crippen LogP contribution in [-0.4, -0.2) is 48.8 Å². The van der Waals surface area contributed by atoms with E-state index in [0.717, 1.165) is 0 Å².